The first-order chi connectivity index (χ1) is 14.3. The topological polar surface area (TPSA) is 59.0 Å². The third-order valence-corrected chi connectivity index (χ3v) is 7.29. The number of benzene rings is 1. The second-order valence-electron chi connectivity index (χ2n) is 7.18. The Morgan fingerprint density at radius 2 is 2.07 bits per heavy atom. The number of amides is 1. The van der Waals surface area contributed by atoms with Gasteiger partial charge in [-0.25, -0.2) is 9.97 Å². The maximum Gasteiger partial charge on any atom is 0.229 e. The van der Waals surface area contributed by atoms with Gasteiger partial charge in [0.25, 0.3) is 0 Å². The first-order valence-electron chi connectivity index (χ1n) is 9.78. The summed E-state index contributed by atoms with van der Waals surface area (Å²) >= 11 is 3.27. The first kappa shape index (κ1) is 18.4. The van der Waals surface area contributed by atoms with E-state index in [1.165, 1.54) is 4.70 Å². The fourth-order valence-corrected chi connectivity index (χ4v) is 5.71. The molecule has 29 heavy (non-hydrogen) atoms. The number of fused-ring (bicyclic) bond motifs is 1. The van der Waals surface area contributed by atoms with Gasteiger partial charge in [0.2, 0.25) is 5.91 Å². The van der Waals surface area contributed by atoms with Crippen molar-refractivity contribution < 1.29 is 4.79 Å². The van der Waals surface area contributed by atoms with Crippen molar-refractivity contribution in [1.82, 2.24) is 19.9 Å². The van der Waals surface area contributed by atoms with Gasteiger partial charge < -0.3 is 4.90 Å². The third-order valence-electron chi connectivity index (χ3n) is 5.21. The molecule has 5 rings (SSSR count). The molecule has 146 valence electrons. The van der Waals surface area contributed by atoms with Gasteiger partial charge in [-0.05, 0) is 43.5 Å². The summed E-state index contributed by atoms with van der Waals surface area (Å²) in [5.74, 6) is 0.136. The lowest BCUT2D eigenvalue weighted by molar-refractivity contribution is -0.134. The largest absolute Gasteiger partial charge is 0.333 e. The van der Waals surface area contributed by atoms with Gasteiger partial charge in [0.15, 0.2) is 0 Å². The number of carbonyl (C=O) groups is 1. The smallest absolute Gasteiger partial charge is 0.229 e. The lowest BCUT2D eigenvalue weighted by Gasteiger charge is -2.34. The molecule has 4 heterocycles. The highest BCUT2D eigenvalue weighted by atomic mass is 32.1. The Balaban J connectivity index is 1.36. The Morgan fingerprint density at radius 3 is 2.93 bits per heavy atom. The van der Waals surface area contributed by atoms with E-state index >= 15 is 0 Å². The van der Waals surface area contributed by atoms with Gasteiger partial charge in [0.05, 0.1) is 28.4 Å². The highest BCUT2D eigenvalue weighted by Gasteiger charge is 2.30. The standard InChI is InChI=1S/C22H20N4OS2/c27-20(12-16-14-28-21(24-16)15-6-5-10-23-13-15)26-11-4-3-8-18(26)22-25-17-7-1-2-9-19(17)29-22/h1-2,5-7,9-10,13-14,18H,3-4,8,11-12H2. The van der Waals surface area contributed by atoms with E-state index in [1.54, 1.807) is 35.1 Å². The van der Waals surface area contributed by atoms with E-state index in [0.29, 0.717) is 6.42 Å². The Kier molecular flexibility index (Phi) is 5.08. The Morgan fingerprint density at radius 1 is 1.14 bits per heavy atom. The van der Waals surface area contributed by atoms with Crippen LogP contribution in [0.3, 0.4) is 0 Å². The average molecular weight is 421 g/mol. The van der Waals surface area contributed by atoms with Gasteiger partial charge in [-0.2, -0.15) is 0 Å². The summed E-state index contributed by atoms with van der Waals surface area (Å²) in [4.78, 5) is 28.8. The molecule has 1 unspecified atom stereocenters. The molecular weight excluding hydrogens is 400 g/mol. The average Bonchev–Trinajstić information content (AvgIpc) is 3.41. The van der Waals surface area contributed by atoms with E-state index in [4.69, 9.17) is 4.98 Å². The summed E-state index contributed by atoms with van der Waals surface area (Å²) in [6, 6.07) is 12.2. The van der Waals surface area contributed by atoms with Crippen molar-refractivity contribution in [2.75, 3.05) is 6.54 Å². The summed E-state index contributed by atoms with van der Waals surface area (Å²) in [7, 11) is 0. The molecule has 1 fully saturated rings. The van der Waals surface area contributed by atoms with Crippen LogP contribution in [0.1, 0.15) is 36.0 Å². The number of hydrogen-bond donors (Lipinski definition) is 0. The maximum atomic E-state index is 13.2. The molecule has 0 radical (unpaired) electrons. The summed E-state index contributed by atoms with van der Waals surface area (Å²) in [5, 5.41) is 3.94. The fraction of sp³-hybridized carbons (Fsp3) is 0.273. The van der Waals surface area contributed by atoms with E-state index in [0.717, 1.165) is 52.6 Å². The van der Waals surface area contributed by atoms with Crippen LogP contribution in [0.2, 0.25) is 0 Å². The predicted octanol–water partition coefficient (Wildman–Crippen LogP) is 5.11. The number of aromatic nitrogens is 3. The Bertz CT molecular complexity index is 1100. The molecule has 0 spiro atoms. The van der Waals surface area contributed by atoms with Gasteiger partial charge in [-0.15, -0.1) is 22.7 Å². The van der Waals surface area contributed by atoms with E-state index in [9.17, 15) is 4.79 Å². The van der Waals surface area contributed by atoms with Crippen molar-refractivity contribution in [3.8, 4) is 10.6 Å². The quantitative estimate of drug-likeness (QED) is 0.460. The summed E-state index contributed by atoms with van der Waals surface area (Å²) in [6.07, 6.45) is 7.04. The summed E-state index contributed by atoms with van der Waals surface area (Å²) in [6.45, 7) is 0.791. The van der Waals surface area contributed by atoms with Gasteiger partial charge in [-0.1, -0.05) is 12.1 Å². The Labute approximate surface area is 177 Å². The number of piperidine rings is 1. The molecule has 4 aromatic rings. The molecule has 1 aliphatic heterocycles. The minimum absolute atomic E-state index is 0.0741. The van der Waals surface area contributed by atoms with Crippen LogP contribution in [-0.2, 0) is 11.2 Å². The number of likely N-dealkylation sites (tertiary alicyclic amines) is 1. The maximum absolute atomic E-state index is 13.2. The van der Waals surface area contributed by atoms with Crippen LogP contribution in [-0.4, -0.2) is 32.3 Å². The number of nitrogens with zero attached hydrogens (tertiary/aromatic N) is 4. The van der Waals surface area contributed by atoms with Crippen molar-refractivity contribution in [2.24, 2.45) is 0 Å². The van der Waals surface area contributed by atoms with Crippen LogP contribution >= 0.6 is 22.7 Å². The summed E-state index contributed by atoms with van der Waals surface area (Å²) in [5.41, 5.74) is 2.83. The molecule has 5 nitrogen and oxygen atoms in total. The number of carbonyl (C=O) groups excluding carboxylic acids is 1. The second-order valence-corrected chi connectivity index (χ2v) is 9.10. The fourth-order valence-electron chi connectivity index (χ4n) is 3.79. The molecule has 1 aromatic carbocycles. The second kappa shape index (κ2) is 8.00. The van der Waals surface area contributed by atoms with E-state index in [-0.39, 0.29) is 11.9 Å². The van der Waals surface area contributed by atoms with Gasteiger partial charge >= 0.3 is 0 Å². The van der Waals surface area contributed by atoms with Crippen LogP contribution in [0, 0.1) is 0 Å². The molecule has 1 atom stereocenters. The van der Waals surface area contributed by atoms with E-state index in [1.807, 2.05) is 40.6 Å². The van der Waals surface area contributed by atoms with Crippen LogP contribution < -0.4 is 0 Å². The zero-order valence-electron chi connectivity index (χ0n) is 15.8. The number of pyridine rings is 1. The minimum atomic E-state index is 0.0741. The molecule has 7 heteroatoms. The van der Waals surface area contributed by atoms with Crippen LogP contribution in [0.15, 0.2) is 54.2 Å². The predicted molar refractivity (Wildman–Crippen MR) is 117 cm³/mol. The van der Waals surface area contributed by atoms with Crippen molar-refractivity contribution in [1.29, 1.82) is 0 Å². The van der Waals surface area contributed by atoms with Crippen LogP contribution in [0.5, 0.6) is 0 Å². The highest BCUT2D eigenvalue weighted by Crippen LogP contribution is 2.36. The summed E-state index contributed by atoms with van der Waals surface area (Å²) < 4.78 is 1.18. The zero-order chi connectivity index (χ0) is 19.6. The van der Waals surface area contributed by atoms with E-state index in [2.05, 4.69) is 16.0 Å². The van der Waals surface area contributed by atoms with Gasteiger partial charge in [0.1, 0.15) is 10.0 Å². The number of hydrogen-bond acceptors (Lipinski definition) is 6. The molecule has 0 N–H and O–H groups in total. The normalized spacial score (nSPS) is 17.0. The van der Waals surface area contributed by atoms with Crippen molar-refractivity contribution in [3.63, 3.8) is 0 Å². The molecule has 1 amide bonds. The SMILES string of the molecule is O=C(Cc1csc(-c2cccnc2)n1)N1CCCCC1c1nc2ccccc2s1. The van der Waals surface area contributed by atoms with Crippen molar-refractivity contribution >= 4 is 38.8 Å². The minimum Gasteiger partial charge on any atom is -0.333 e. The lowest BCUT2D eigenvalue weighted by atomic mass is 10.0. The Hall–Kier alpha value is -2.64. The van der Waals surface area contributed by atoms with Crippen molar-refractivity contribution in [3.05, 3.63) is 64.9 Å². The zero-order valence-corrected chi connectivity index (χ0v) is 17.5. The monoisotopic (exact) mass is 420 g/mol. The van der Waals surface area contributed by atoms with Crippen molar-refractivity contribution in [2.45, 2.75) is 31.7 Å². The van der Waals surface area contributed by atoms with E-state index < -0.39 is 0 Å². The van der Waals surface area contributed by atoms with Crippen LogP contribution in [0.25, 0.3) is 20.8 Å². The molecule has 1 aliphatic rings. The first-order valence-corrected chi connectivity index (χ1v) is 11.5. The van der Waals surface area contributed by atoms with Gasteiger partial charge in [-0.3, -0.25) is 9.78 Å². The van der Waals surface area contributed by atoms with Gasteiger partial charge in [0, 0.05) is 29.9 Å². The molecule has 1 saturated heterocycles. The highest BCUT2D eigenvalue weighted by molar-refractivity contribution is 7.18. The molecule has 0 saturated carbocycles. The lowest BCUT2D eigenvalue weighted by Crippen LogP contribution is -2.39. The third kappa shape index (κ3) is 3.80. The molecular formula is C22H20N4OS2. The van der Waals surface area contributed by atoms with Crippen LogP contribution in [0.4, 0.5) is 0 Å². The molecule has 3 aromatic heterocycles. The molecule has 0 bridgehead atoms. The molecule has 0 aliphatic carbocycles. The number of para-hydroxylation sites is 1. The number of rotatable bonds is 4. The number of thiazole rings is 2.